The minimum atomic E-state index is -0.324. The van der Waals surface area contributed by atoms with Crippen LogP contribution in [-0.2, 0) is 0 Å². The minimum Gasteiger partial charge on any atom is -0.377 e. The van der Waals surface area contributed by atoms with E-state index >= 15 is 0 Å². The number of halogens is 3. The molecule has 152 valence electrons. The molecule has 1 unspecified atom stereocenters. The van der Waals surface area contributed by atoms with E-state index in [1.54, 1.807) is 37.6 Å². The standard InChI is InChI=1S/C22H18Cl2FN5/c1-12(15-5-3-4-6-19(15)25)30-21-16-7-13(14-9-28-22(26-2)29-10-14)8-17(23)20(16)27-11-18(21)24/h3-12H,1-2H3,(H,27,30)(H,26,28,29). The van der Waals surface area contributed by atoms with Crippen molar-refractivity contribution in [1.29, 1.82) is 0 Å². The Morgan fingerprint density at radius 1 is 0.933 bits per heavy atom. The van der Waals surface area contributed by atoms with Gasteiger partial charge in [0.05, 0.1) is 27.3 Å². The van der Waals surface area contributed by atoms with Gasteiger partial charge in [-0.05, 0) is 30.7 Å². The van der Waals surface area contributed by atoms with Crippen LogP contribution in [0.1, 0.15) is 18.5 Å². The molecule has 0 radical (unpaired) electrons. The lowest BCUT2D eigenvalue weighted by molar-refractivity contribution is 0.600. The molecule has 0 saturated carbocycles. The normalized spacial score (nSPS) is 12.0. The first-order valence-corrected chi connectivity index (χ1v) is 10.0. The summed E-state index contributed by atoms with van der Waals surface area (Å²) in [7, 11) is 1.75. The molecule has 2 aromatic heterocycles. The van der Waals surface area contributed by atoms with Crippen molar-refractivity contribution in [2.45, 2.75) is 13.0 Å². The smallest absolute Gasteiger partial charge is 0.222 e. The van der Waals surface area contributed by atoms with E-state index in [0.29, 0.717) is 32.8 Å². The zero-order chi connectivity index (χ0) is 21.3. The van der Waals surface area contributed by atoms with Crippen LogP contribution in [0.2, 0.25) is 10.0 Å². The summed E-state index contributed by atoms with van der Waals surface area (Å²) in [6.07, 6.45) is 4.96. The molecule has 1 atom stereocenters. The Balaban J connectivity index is 1.81. The fraction of sp³-hybridized carbons (Fsp3) is 0.136. The van der Waals surface area contributed by atoms with Crippen LogP contribution >= 0.6 is 23.2 Å². The lowest BCUT2D eigenvalue weighted by Crippen LogP contribution is -2.09. The van der Waals surface area contributed by atoms with Gasteiger partial charge in [-0.15, -0.1) is 0 Å². The summed E-state index contributed by atoms with van der Waals surface area (Å²) in [5, 5.41) is 7.83. The fourth-order valence-electron chi connectivity index (χ4n) is 3.28. The number of nitrogens with one attached hydrogen (secondary N) is 2. The van der Waals surface area contributed by atoms with Crippen LogP contribution in [0.3, 0.4) is 0 Å². The number of hydrogen-bond acceptors (Lipinski definition) is 5. The fourth-order valence-corrected chi connectivity index (χ4v) is 3.75. The molecule has 0 aliphatic carbocycles. The second kappa shape index (κ2) is 8.42. The van der Waals surface area contributed by atoms with E-state index < -0.39 is 0 Å². The first-order chi connectivity index (χ1) is 14.5. The van der Waals surface area contributed by atoms with E-state index in [1.165, 1.54) is 12.3 Å². The Morgan fingerprint density at radius 2 is 1.67 bits per heavy atom. The Morgan fingerprint density at radius 3 is 2.37 bits per heavy atom. The van der Waals surface area contributed by atoms with Crippen molar-refractivity contribution < 1.29 is 4.39 Å². The van der Waals surface area contributed by atoms with Crippen molar-refractivity contribution in [2.75, 3.05) is 17.7 Å². The predicted molar refractivity (Wildman–Crippen MR) is 121 cm³/mol. The molecular formula is C22H18Cl2FN5. The summed E-state index contributed by atoms with van der Waals surface area (Å²) >= 11 is 13.0. The molecule has 0 bridgehead atoms. The summed E-state index contributed by atoms with van der Waals surface area (Å²) < 4.78 is 14.2. The van der Waals surface area contributed by atoms with Crippen molar-refractivity contribution in [1.82, 2.24) is 15.0 Å². The van der Waals surface area contributed by atoms with Crippen molar-refractivity contribution >= 4 is 45.7 Å². The number of aromatic nitrogens is 3. The predicted octanol–water partition coefficient (Wildman–Crippen LogP) is 6.35. The molecule has 4 rings (SSSR count). The van der Waals surface area contributed by atoms with Gasteiger partial charge < -0.3 is 10.6 Å². The highest BCUT2D eigenvalue weighted by Crippen LogP contribution is 2.38. The average Bonchev–Trinajstić information content (AvgIpc) is 2.76. The van der Waals surface area contributed by atoms with E-state index in [4.69, 9.17) is 23.2 Å². The van der Waals surface area contributed by atoms with Crippen LogP contribution in [0.5, 0.6) is 0 Å². The van der Waals surface area contributed by atoms with Crippen LogP contribution in [0.15, 0.2) is 55.0 Å². The Hall–Kier alpha value is -2.96. The van der Waals surface area contributed by atoms with Crippen LogP contribution in [-0.4, -0.2) is 22.0 Å². The van der Waals surface area contributed by atoms with Crippen molar-refractivity contribution in [3.63, 3.8) is 0 Å². The highest BCUT2D eigenvalue weighted by molar-refractivity contribution is 6.38. The number of rotatable bonds is 5. The third kappa shape index (κ3) is 3.88. The van der Waals surface area contributed by atoms with Gasteiger partial charge in [-0.1, -0.05) is 41.4 Å². The lowest BCUT2D eigenvalue weighted by Gasteiger charge is -2.19. The Kier molecular flexibility index (Phi) is 5.70. The molecule has 2 N–H and O–H groups in total. The van der Waals surface area contributed by atoms with Crippen molar-refractivity contribution in [2.24, 2.45) is 0 Å². The summed E-state index contributed by atoms with van der Waals surface area (Å²) in [4.78, 5) is 12.9. The minimum absolute atomic E-state index is 0.285. The summed E-state index contributed by atoms with van der Waals surface area (Å²) in [6, 6.07) is 10.0. The molecule has 5 nitrogen and oxygen atoms in total. The molecular weight excluding hydrogens is 424 g/mol. The highest BCUT2D eigenvalue weighted by Gasteiger charge is 2.17. The summed E-state index contributed by atoms with van der Waals surface area (Å²) in [5.41, 5.74) is 3.39. The van der Waals surface area contributed by atoms with Crippen LogP contribution in [0.25, 0.3) is 22.0 Å². The largest absolute Gasteiger partial charge is 0.377 e. The third-order valence-corrected chi connectivity index (χ3v) is 5.39. The van der Waals surface area contributed by atoms with E-state index in [9.17, 15) is 4.39 Å². The Bertz CT molecular complexity index is 1210. The molecule has 4 aromatic rings. The maximum absolute atomic E-state index is 14.2. The van der Waals surface area contributed by atoms with Gasteiger partial charge in [-0.25, -0.2) is 14.4 Å². The topological polar surface area (TPSA) is 62.7 Å². The average molecular weight is 442 g/mol. The van der Waals surface area contributed by atoms with Gasteiger partial charge in [0.15, 0.2) is 0 Å². The first-order valence-electron chi connectivity index (χ1n) is 9.27. The molecule has 0 saturated heterocycles. The van der Waals surface area contributed by atoms with Gasteiger partial charge in [0, 0.05) is 42.2 Å². The number of benzene rings is 2. The van der Waals surface area contributed by atoms with Gasteiger partial charge in [-0.2, -0.15) is 0 Å². The monoisotopic (exact) mass is 441 g/mol. The van der Waals surface area contributed by atoms with Crippen molar-refractivity contribution in [3.05, 3.63) is 76.4 Å². The van der Waals surface area contributed by atoms with E-state index in [2.05, 4.69) is 25.6 Å². The van der Waals surface area contributed by atoms with Crippen LogP contribution < -0.4 is 10.6 Å². The molecule has 0 aliphatic rings. The van der Waals surface area contributed by atoms with Gasteiger partial charge in [0.1, 0.15) is 5.82 Å². The van der Waals surface area contributed by atoms with E-state index in [0.717, 1.165) is 16.5 Å². The van der Waals surface area contributed by atoms with Gasteiger partial charge in [-0.3, -0.25) is 4.98 Å². The SMILES string of the molecule is CNc1ncc(-c2cc(Cl)c3ncc(Cl)c(NC(C)c4ccccc4F)c3c2)cn1. The summed E-state index contributed by atoms with van der Waals surface area (Å²) in [5.74, 6) is 0.240. The number of anilines is 2. The van der Waals surface area contributed by atoms with Crippen LogP contribution in [0, 0.1) is 5.82 Å². The lowest BCUT2D eigenvalue weighted by atomic mass is 10.0. The molecule has 2 heterocycles. The zero-order valence-corrected chi connectivity index (χ0v) is 17.8. The second-order valence-electron chi connectivity index (χ2n) is 6.77. The van der Waals surface area contributed by atoms with Gasteiger partial charge in [0.2, 0.25) is 5.95 Å². The highest BCUT2D eigenvalue weighted by atomic mass is 35.5. The number of nitrogens with zero attached hydrogens (tertiary/aromatic N) is 3. The quantitative estimate of drug-likeness (QED) is 0.377. The second-order valence-corrected chi connectivity index (χ2v) is 7.58. The van der Waals surface area contributed by atoms with Gasteiger partial charge >= 0.3 is 0 Å². The first kappa shape index (κ1) is 20.3. The number of hydrogen-bond donors (Lipinski definition) is 2. The molecule has 30 heavy (non-hydrogen) atoms. The third-order valence-electron chi connectivity index (χ3n) is 4.82. The number of fused-ring (bicyclic) bond motifs is 1. The molecule has 8 heteroatoms. The van der Waals surface area contributed by atoms with Crippen LogP contribution in [0.4, 0.5) is 16.0 Å². The van der Waals surface area contributed by atoms with E-state index in [1.807, 2.05) is 19.1 Å². The molecule has 0 amide bonds. The Labute approximate surface area is 183 Å². The molecule has 0 aliphatic heterocycles. The maximum atomic E-state index is 14.2. The molecule has 0 fully saturated rings. The maximum Gasteiger partial charge on any atom is 0.222 e. The van der Waals surface area contributed by atoms with Crippen molar-refractivity contribution in [3.8, 4) is 11.1 Å². The van der Waals surface area contributed by atoms with Gasteiger partial charge in [0.25, 0.3) is 0 Å². The number of pyridine rings is 1. The molecule has 2 aromatic carbocycles. The summed E-state index contributed by atoms with van der Waals surface area (Å²) in [6.45, 7) is 1.87. The van der Waals surface area contributed by atoms with E-state index in [-0.39, 0.29) is 11.9 Å². The zero-order valence-electron chi connectivity index (χ0n) is 16.2. The molecule has 0 spiro atoms.